The standard InChI is InChI=1S/C15H16N4O2/c20-11-19-9-3-13(4-10-19)21-15-14(17-7-8-18-15)12-1-5-16-6-2-12/h1-2,5-8,11,13H,3-4,9-10H2. The van der Waals surface area contributed by atoms with Gasteiger partial charge in [0.15, 0.2) is 0 Å². The minimum Gasteiger partial charge on any atom is -0.473 e. The molecule has 0 aromatic carbocycles. The number of rotatable bonds is 4. The summed E-state index contributed by atoms with van der Waals surface area (Å²) < 4.78 is 6.00. The first kappa shape index (κ1) is 13.5. The van der Waals surface area contributed by atoms with Crippen molar-refractivity contribution in [2.45, 2.75) is 18.9 Å². The average molecular weight is 284 g/mol. The van der Waals surface area contributed by atoms with E-state index in [4.69, 9.17) is 4.74 Å². The molecule has 6 heteroatoms. The summed E-state index contributed by atoms with van der Waals surface area (Å²) in [5, 5.41) is 0. The van der Waals surface area contributed by atoms with Crippen molar-refractivity contribution in [2.24, 2.45) is 0 Å². The number of carbonyl (C=O) groups excluding carboxylic acids is 1. The van der Waals surface area contributed by atoms with Crippen molar-refractivity contribution in [2.75, 3.05) is 13.1 Å². The molecule has 2 aromatic heterocycles. The molecule has 0 bridgehead atoms. The number of hydrogen-bond acceptors (Lipinski definition) is 5. The molecule has 1 aliphatic rings. The van der Waals surface area contributed by atoms with Crippen molar-refractivity contribution in [3.63, 3.8) is 0 Å². The summed E-state index contributed by atoms with van der Waals surface area (Å²) in [6.07, 6.45) is 9.29. The molecule has 1 fully saturated rings. The van der Waals surface area contributed by atoms with Crippen LogP contribution in [0.2, 0.25) is 0 Å². The van der Waals surface area contributed by atoms with Gasteiger partial charge in [-0.25, -0.2) is 9.97 Å². The number of carbonyl (C=O) groups is 1. The Balaban J connectivity index is 1.76. The van der Waals surface area contributed by atoms with Crippen LogP contribution in [-0.2, 0) is 4.79 Å². The number of ether oxygens (including phenoxy) is 1. The zero-order chi connectivity index (χ0) is 14.5. The lowest BCUT2D eigenvalue weighted by atomic mass is 10.1. The topological polar surface area (TPSA) is 68.2 Å². The molecule has 3 heterocycles. The number of piperidine rings is 1. The fraction of sp³-hybridized carbons (Fsp3) is 0.333. The van der Waals surface area contributed by atoms with Gasteiger partial charge in [-0.3, -0.25) is 9.78 Å². The molecule has 6 nitrogen and oxygen atoms in total. The van der Waals surface area contributed by atoms with E-state index >= 15 is 0 Å². The Bertz CT molecular complexity index is 598. The summed E-state index contributed by atoms with van der Waals surface area (Å²) in [4.78, 5) is 25.2. The third-order valence-electron chi connectivity index (χ3n) is 3.52. The Morgan fingerprint density at radius 3 is 2.52 bits per heavy atom. The summed E-state index contributed by atoms with van der Waals surface area (Å²) in [6.45, 7) is 1.44. The van der Waals surface area contributed by atoms with Gasteiger partial charge in [0, 0.05) is 56.3 Å². The molecule has 1 saturated heterocycles. The minimum absolute atomic E-state index is 0.0680. The Morgan fingerprint density at radius 1 is 1.10 bits per heavy atom. The molecule has 108 valence electrons. The van der Waals surface area contributed by atoms with E-state index in [1.807, 2.05) is 12.1 Å². The quantitative estimate of drug-likeness (QED) is 0.797. The van der Waals surface area contributed by atoms with Crippen molar-refractivity contribution in [1.29, 1.82) is 0 Å². The van der Waals surface area contributed by atoms with Crippen molar-refractivity contribution < 1.29 is 9.53 Å². The second-order valence-electron chi connectivity index (χ2n) is 4.90. The van der Waals surface area contributed by atoms with E-state index in [9.17, 15) is 4.79 Å². The lowest BCUT2D eigenvalue weighted by Crippen LogP contribution is -2.37. The van der Waals surface area contributed by atoms with Crippen molar-refractivity contribution in [1.82, 2.24) is 19.9 Å². The first-order valence-corrected chi connectivity index (χ1v) is 6.94. The average Bonchev–Trinajstić information content (AvgIpc) is 2.57. The van der Waals surface area contributed by atoms with Crippen molar-refractivity contribution in [3.8, 4) is 17.1 Å². The number of amides is 1. The van der Waals surface area contributed by atoms with Gasteiger partial charge in [-0.2, -0.15) is 0 Å². The number of pyridine rings is 1. The van der Waals surface area contributed by atoms with Crippen LogP contribution < -0.4 is 4.74 Å². The first-order chi connectivity index (χ1) is 10.4. The molecule has 1 aliphatic heterocycles. The van der Waals surface area contributed by atoms with Gasteiger partial charge < -0.3 is 9.64 Å². The van der Waals surface area contributed by atoms with E-state index in [2.05, 4.69) is 15.0 Å². The summed E-state index contributed by atoms with van der Waals surface area (Å²) in [5.41, 5.74) is 1.65. The van der Waals surface area contributed by atoms with Crippen LogP contribution >= 0.6 is 0 Å². The SMILES string of the molecule is O=CN1CCC(Oc2nccnc2-c2ccncc2)CC1. The van der Waals surface area contributed by atoms with Gasteiger partial charge >= 0.3 is 0 Å². The molecule has 0 radical (unpaired) electrons. The third kappa shape index (κ3) is 3.16. The summed E-state index contributed by atoms with van der Waals surface area (Å²) >= 11 is 0. The van der Waals surface area contributed by atoms with Gasteiger partial charge in [0.1, 0.15) is 11.8 Å². The molecule has 3 rings (SSSR count). The zero-order valence-electron chi connectivity index (χ0n) is 11.6. The Kier molecular flexibility index (Phi) is 4.04. The molecular formula is C15H16N4O2. The largest absolute Gasteiger partial charge is 0.473 e. The summed E-state index contributed by atoms with van der Waals surface area (Å²) in [7, 11) is 0. The van der Waals surface area contributed by atoms with Gasteiger partial charge in [0.25, 0.3) is 0 Å². The molecule has 21 heavy (non-hydrogen) atoms. The van der Waals surface area contributed by atoms with E-state index < -0.39 is 0 Å². The van der Waals surface area contributed by atoms with E-state index in [1.165, 1.54) is 0 Å². The van der Waals surface area contributed by atoms with Crippen molar-refractivity contribution in [3.05, 3.63) is 36.9 Å². The monoisotopic (exact) mass is 284 g/mol. The highest BCUT2D eigenvalue weighted by Crippen LogP contribution is 2.27. The van der Waals surface area contributed by atoms with Crippen LogP contribution in [-0.4, -0.2) is 45.5 Å². The van der Waals surface area contributed by atoms with Crippen molar-refractivity contribution >= 4 is 6.41 Å². The molecule has 0 N–H and O–H groups in total. The Morgan fingerprint density at radius 2 is 1.81 bits per heavy atom. The van der Waals surface area contributed by atoms with Gasteiger partial charge in [0.05, 0.1) is 0 Å². The molecule has 0 aliphatic carbocycles. The first-order valence-electron chi connectivity index (χ1n) is 6.94. The van der Waals surface area contributed by atoms with E-state index in [0.29, 0.717) is 5.88 Å². The Labute approximate surface area is 122 Å². The summed E-state index contributed by atoms with van der Waals surface area (Å²) in [5.74, 6) is 0.535. The van der Waals surface area contributed by atoms with E-state index in [-0.39, 0.29) is 6.10 Å². The van der Waals surface area contributed by atoms with Crippen LogP contribution in [0.4, 0.5) is 0 Å². The predicted molar refractivity (Wildman–Crippen MR) is 76.6 cm³/mol. The molecule has 0 unspecified atom stereocenters. The molecule has 0 saturated carbocycles. The van der Waals surface area contributed by atoms with Crippen LogP contribution in [0.5, 0.6) is 5.88 Å². The normalized spacial score (nSPS) is 15.7. The van der Waals surface area contributed by atoms with Crippen LogP contribution in [0.3, 0.4) is 0 Å². The Hall–Kier alpha value is -2.50. The fourth-order valence-electron chi connectivity index (χ4n) is 2.38. The maximum atomic E-state index is 10.7. The molecule has 2 aromatic rings. The number of likely N-dealkylation sites (tertiary alicyclic amines) is 1. The maximum absolute atomic E-state index is 10.7. The number of nitrogens with zero attached hydrogens (tertiary/aromatic N) is 4. The maximum Gasteiger partial charge on any atom is 0.240 e. The summed E-state index contributed by atoms with van der Waals surface area (Å²) in [6, 6.07) is 3.76. The smallest absolute Gasteiger partial charge is 0.240 e. The molecule has 0 spiro atoms. The predicted octanol–water partition coefficient (Wildman–Crippen LogP) is 1.54. The second kappa shape index (κ2) is 6.30. The third-order valence-corrected chi connectivity index (χ3v) is 3.52. The second-order valence-corrected chi connectivity index (χ2v) is 4.90. The highest BCUT2D eigenvalue weighted by Gasteiger charge is 2.21. The van der Waals surface area contributed by atoms with Crippen LogP contribution in [0.15, 0.2) is 36.9 Å². The minimum atomic E-state index is 0.0680. The lowest BCUT2D eigenvalue weighted by molar-refractivity contribution is -0.119. The highest BCUT2D eigenvalue weighted by atomic mass is 16.5. The van der Waals surface area contributed by atoms with E-state index in [1.54, 1.807) is 29.7 Å². The van der Waals surface area contributed by atoms with Gasteiger partial charge in [-0.05, 0) is 12.1 Å². The lowest BCUT2D eigenvalue weighted by Gasteiger charge is -2.29. The van der Waals surface area contributed by atoms with Gasteiger partial charge in [-0.1, -0.05) is 0 Å². The van der Waals surface area contributed by atoms with Crippen LogP contribution in [0.25, 0.3) is 11.3 Å². The van der Waals surface area contributed by atoms with Crippen LogP contribution in [0, 0.1) is 0 Å². The van der Waals surface area contributed by atoms with Crippen LogP contribution in [0.1, 0.15) is 12.8 Å². The van der Waals surface area contributed by atoms with E-state index in [0.717, 1.165) is 43.6 Å². The number of aromatic nitrogens is 3. The highest BCUT2D eigenvalue weighted by molar-refractivity contribution is 5.63. The number of hydrogen-bond donors (Lipinski definition) is 0. The molecular weight excluding hydrogens is 268 g/mol. The molecule has 0 atom stereocenters. The fourth-order valence-corrected chi connectivity index (χ4v) is 2.38. The zero-order valence-corrected chi connectivity index (χ0v) is 11.6. The van der Waals surface area contributed by atoms with Gasteiger partial charge in [0.2, 0.25) is 12.3 Å². The van der Waals surface area contributed by atoms with Gasteiger partial charge in [-0.15, -0.1) is 0 Å². The molecule has 1 amide bonds.